The summed E-state index contributed by atoms with van der Waals surface area (Å²) in [7, 11) is -3.01. The third-order valence-corrected chi connectivity index (χ3v) is 9.79. The molecule has 266 valence electrons. The number of hydrogen-bond acceptors (Lipinski definition) is 9. The largest absolute Gasteiger partial charge is 0.480 e. The van der Waals surface area contributed by atoms with E-state index < -0.39 is 73.5 Å². The molecule has 0 radical (unpaired) electrons. The van der Waals surface area contributed by atoms with Crippen molar-refractivity contribution in [1.29, 1.82) is 0 Å². The summed E-state index contributed by atoms with van der Waals surface area (Å²) in [6.07, 6.45) is 8.93. The van der Waals surface area contributed by atoms with Gasteiger partial charge in [0.05, 0.1) is 57.8 Å². The van der Waals surface area contributed by atoms with Gasteiger partial charge < -0.3 is 10.4 Å². The molecule has 4 N–H and O–H groups in total. The topological polar surface area (TPSA) is 216 Å². The molecule has 0 aliphatic heterocycles. The number of aromatic amines is 1. The summed E-state index contributed by atoms with van der Waals surface area (Å²) >= 11 is 0. The molecule has 0 spiro atoms. The fourth-order valence-electron chi connectivity index (χ4n) is 5.51. The van der Waals surface area contributed by atoms with Gasteiger partial charge in [0, 0.05) is 43.5 Å². The Bertz CT molecular complexity index is 2600. The molecule has 16 nitrogen and oxygen atoms in total. The Morgan fingerprint density at radius 3 is 2.40 bits per heavy atom. The molecule has 0 bridgehead atoms. The molecule has 1 fully saturated rings. The number of halogens is 2. The maximum Gasteiger partial charge on any atom is 0.335 e. The second kappa shape index (κ2) is 13.0. The van der Waals surface area contributed by atoms with E-state index in [1.54, 1.807) is 4.68 Å². The lowest BCUT2D eigenvalue weighted by Gasteiger charge is -2.16. The summed E-state index contributed by atoms with van der Waals surface area (Å²) in [5.41, 5.74) is -0.815. The highest BCUT2D eigenvalue weighted by molar-refractivity contribution is 7.92. The minimum absolute atomic E-state index is 0.0914. The molecule has 0 saturated heterocycles. The Balaban J connectivity index is 1.04. The van der Waals surface area contributed by atoms with Crippen LogP contribution in [0.4, 0.5) is 14.5 Å². The van der Waals surface area contributed by atoms with E-state index in [1.165, 1.54) is 66.7 Å². The van der Waals surface area contributed by atoms with Crippen LogP contribution in [0.25, 0.3) is 22.3 Å². The first kappa shape index (κ1) is 34.0. The summed E-state index contributed by atoms with van der Waals surface area (Å²) in [4.78, 5) is 62.9. The van der Waals surface area contributed by atoms with Gasteiger partial charge in [-0.1, -0.05) is 0 Å². The summed E-state index contributed by atoms with van der Waals surface area (Å²) in [5, 5.41) is 14.8. The number of carboxylic acid groups (broad SMARTS) is 1. The fraction of sp³-hybridized carbons (Fsp3) is 0.182. The Labute approximate surface area is 291 Å². The summed E-state index contributed by atoms with van der Waals surface area (Å²) in [6, 6.07) is 6.05. The summed E-state index contributed by atoms with van der Waals surface area (Å²) in [5.74, 6) is -4.97. The Hall–Kier alpha value is -6.50. The fourth-order valence-corrected chi connectivity index (χ4v) is 6.50. The second-order valence-electron chi connectivity index (χ2n) is 12.1. The summed E-state index contributed by atoms with van der Waals surface area (Å²) in [6.45, 7) is 0. The van der Waals surface area contributed by atoms with Crippen LogP contribution >= 0.6 is 0 Å². The van der Waals surface area contributed by atoms with Crippen LogP contribution in [0.1, 0.15) is 40.5 Å². The van der Waals surface area contributed by atoms with E-state index in [4.69, 9.17) is 0 Å². The van der Waals surface area contributed by atoms with Crippen molar-refractivity contribution < 1.29 is 31.9 Å². The number of amides is 1. The van der Waals surface area contributed by atoms with Gasteiger partial charge in [0.2, 0.25) is 0 Å². The van der Waals surface area contributed by atoms with Crippen LogP contribution in [0.5, 0.6) is 0 Å². The number of rotatable bonds is 11. The van der Waals surface area contributed by atoms with E-state index in [1.807, 2.05) is 10.9 Å². The molecule has 0 unspecified atom stereocenters. The maximum absolute atomic E-state index is 15.1. The number of hydrogen-bond donors (Lipinski definition) is 4. The van der Waals surface area contributed by atoms with Crippen LogP contribution < -0.4 is 21.3 Å². The van der Waals surface area contributed by atoms with Crippen molar-refractivity contribution in [2.75, 3.05) is 4.72 Å². The number of nitrogens with zero attached hydrogens (tertiary/aromatic N) is 6. The van der Waals surface area contributed by atoms with E-state index in [2.05, 4.69) is 25.4 Å². The standard InChI is InChI=1S/C33H27F2N9O7S/c1-42-28-15-36-9-8-21(28)31(46)44(33(42)49)20-5-4-18(37-14-20)10-26(32(47)48)39-30(45)22-11-24(35)25(12-23(22)34)41-52(50,51)29-7-6-19(13-38-29)43-16-27(40-43)17-2-3-17/h4-9,11-17,26,40-41H,2-3,10H2,1H3,(H,39,45)(H,47,48)/t26-/m0/s1. The van der Waals surface area contributed by atoms with Crippen LogP contribution in [0, 0.1) is 11.6 Å². The first-order valence-corrected chi connectivity index (χ1v) is 17.1. The first-order valence-electron chi connectivity index (χ1n) is 15.6. The molecule has 5 aromatic heterocycles. The van der Waals surface area contributed by atoms with Gasteiger partial charge in [0.25, 0.3) is 21.5 Å². The number of anilines is 1. The zero-order valence-electron chi connectivity index (χ0n) is 26.9. The monoisotopic (exact) mass is 731 g/mol. The van der Waals surface area contributed by atoms with Gasteiger partial charge in [-0.2, -0.15) is 8.42 Å². The molecule has 5 heterocycles. The molecular weight excluding hydrogens is 704 g/mol. The maximum atomic E-state index is 15.1. The van der Waals surface area contributed by atoms with Crippen molar-refractivity contribution in [2.45, 2.75) is 36.2 Å². The Morgan fingerprint density at radius 1 is 1.02 bits per heavy atom. The molecule has 1 aliphatic rings. The van der Waals surface area contributed by atoms with Gasteiger partial charge in [0.15, 0.2) is 5.03 Å². The number of carbonyl (C=O) groups is 2. The van der Waals surface area contributed by atoms with E-state index in [9.17, 15) is 32.7 Å². The minimum atomic E-state index is -4.48. The number of benzene rings is 1. The summed E-state index contributed by atoms with van der Waals surface area (Å²) < 4.78 is 61.7. The minimum Gasteiger partial charge on any atom is -0.480 e. The van der Waals surface area contributed by atoms with E-state index in [0.29, 0.717) is 29.3 Å². The molecule has 1 atom stereocenters. The number of carbonyl (C=O) groups excluding carboxylic acids is 1. The number of pyridine rings is 3. The van der Waals surface area contributed by atoms with Crippen LogP contribution in [0.2, 0.25) is 0 Å². The number of H-pyrrole nitrogens is 1. The van der Waals surface area contributed by atoms with Crippen molar-refractivity contribution in [1.82, 2.24) is 39.2 Å². The zero-order valence-corrected chi connectivity index (χ0v) is 27.8. The average Bonchev–Trinajstić information content (AvgIpc) is 3.94. The van der Waals surface area contributed by atoms with Crippen LogP contribution in [-0.2, 0) is 28.3 Å². The van der Waals surface area contributed by atoms with E-state index >= 15 is 8.78 Å². The van der Waals surface area contributed by atoms with Crippen LogP contribution in [0.15, 0.2) is 88.1 Å². The number of aromatic nitrogens is 7. The number of aliphatic carboxylic acids is 1. The third-order valence-electron chi connectivity index (χ3n) is 8.51. The number of carboxylic acids is 1. The average molecular weight is 732 g/mol. The van der Waals surface area contributed by atoms with Gasteiger partial charge in [-0.15, -0.1) is 0 Å². The second-order valence-corrected chi connectivity index (χ2v) is 13.7. The van der Waals surface area contributed by atoms with E-state index in [-0.39, 0.29) is 16.8 Å². The van der Waals surface area contributed by atoms with Gasteiger partial charge in [-0.05, 0) is 49.2 Å². The lowest BCUT2D eigenvalue weighted by Crippen LogP contribution is -2.42. The van der Waals surface area contributed by atoms with Crippen LogP contribution in [-0.4, -0.2) is 65.3 Å². The molecule has 52 heavy (non-hydrogen) atoms. The van der Waals surface area contributed by atoms with Gasteiger partial charge >= 0.3 is 11.7 Å². The van der Waals surface area contributed by atoms with Crippen LogP contribution in [0.3, 0.4) is 0 Å². The van der Waals surface area contributed by atoms with Gasteiger partial charge in [-0.25, -0.2) is 27.9 Å². The molecule has 1 saturated carbocycles. The molecule has 1 aromatic carbocycles. The van der Waals surface area contributed by atoms with Crippen molar-refractivity contribution in [3.63, 3.8) is 0 Å². The Morgan fingerprint density at radius 2 is 1.75 bits per heavy atom. The van der Waals surface area contributed by atoms with Crippen molar-refractivity contribution in [3.8, 4) is 11.4 Å². The number of sulfonamides is 1. The zero-order chi connectivity index (χ0) is 36.9. The highest BCUT2D eigenvalue weighted by Crippen LogP contribution is 2.40. The smallest absolute Gasteiger partial charge is 0.335 e. The molecule has 1 amide bonds. The Kier molecular flexibility index (Phi) is 8.49. The predicted molar refractivity (Wildman–Crippen MR) is 180 cm³/mol. The van der Waals surface area contributed by atoms with Crippen molar-refractivity contribution in [2.24, 2.45) is 7.05 Å². The number of aryl methyl sites for hydroxylation is 1. The number of fused-ring (bicyclic) bond motifs is 1. The first-order chi connectivity index (χ1) is 24.8. The molecule has 1 aliphatic carbocycles. The quantitative estimate of drug-likeness (QED) is 0.153. The molecule has 19 heteroatoms. The van der Waals surface area contributed by atoms with Gasteiger partial charge in [-0.3, -0.25) is 38.6 Å². The van der Waals surface area contributed by atoms with Crippen molar-refractivity contribution >= 4 is 38.5 Å². The molecular formula is C33H27F2N9O7S. The highest BCUT2D eigenvalue weighted by atomic mass is 32.2. The normalized spacial score (nSPS) is 13.6. The molecule has 6 aromatic rings. The lowest BCUT2D eigenvalue weighted by atomic mass is 10.1. The van der Waals surface area contributed by atoms with Crippen molar-refractivity contribution in [3.05, 3.63) is 123 Å². The van der Waals surface area contributed by atoms with Gasteiger partial charge in [0.1, 0.15) is 17.7 Å². The highest BCUT2D eigenvalue weighted by Gasteiger charge is 2.28. The SMILES string of the molecule is Cn1c(=O)n(-c2ccc(C[C@H](NC(=O)c3cc(F)c(NS(=O)(=O)c4ccc(-n5cc(C6CC6)[nH]5)cn4)cc3F)C(=O)O)nc2)c(=O)c2ccncc21. The molecule has 7 rings (SSSR count). The van der Waals surface area contributed by atoms with E-state index in [0.717, 1.165) is 23.1 Å². The lowest BCUT2D eigenvalue weighted by molar-refractivity contribution is -0.139. The number of nitrogens with one attached hydrogen (secondary N) is 3. The predicted octanol–water partition coefficient (Wildman–Crippen LogP) is 2.38. The third kappa shape index (κ3) is 6.43.